The topological polar surface area (TPSA) is 41.1 Å². The van der Waals surface area contributed by atoms with E-state index in [1.165, 1.54) is 12.1 Å². The molecule has 0 aliphatic carbocycles. The largest absolute Gasteiger partial charge is 0.330 e. The molecule has 0 heterocycles. The molecule has 0 fully saturated rings. The van der Waals surface area contributed by atoms with Crippen molar-refractivity contribution in [2.45, 2.75) is 6.92 Å². The highest BCUT2D eigenvalue weighted by atomic mass is 79.9. The molecule has 108 valence electrons. The van der Waals surface area contributed by atoms with E-state index < -0.39 is 5.82 Å². The van der Waals surface area contributed by atoms with Gasteiger partial charge < -0.3 is 5.32 Å². The number of halogens is 2. The Hall–Kier alpha value is -1.79. The van der Waals surface area contributed by atoms with Crippen molar-refractivity contribution in [1.82, 2.24) is 5.32 Å². The van der Waals surface area contributed by atoms with Crippen molar-refractivity contribution in [2.75, 3.05) is 5.32 Å². The molecular weight excluding hydrogens is 355 g/mol. The highest BCUT2D eigenvalue weighted by Crippen LogP contribution is 2.17. The Kier molecular flexibility index (Phi) is 5.03. The molecule has 3 nitrogen and oxygen atoms in total. The van der Waals surface area contributed by atoms with E-state index in [1.54, 1.807) is 24.3 Å². The number of rotatable bonds is 2. The van der Waals surface area contributed by atoms with Gasteiger partial charge in [0.25, 0.3) is 5.91 Å². The van der Waals surface area contributed by atoms with Crippen LogP contribution >= 0.6 is 28.1 Å². The summed E-state index contributed by atoms with van der Waals surface area (Å²) in [6, 6.07) is 11.3. The number of anilines is 1. The molecular formula is C15H12BrFN2OS. The van der Waals surface area contributed by atoms with E-state index in [2.05, 4.69) is 26.6 Å². The first-order chi connectivity index (χ1) is 9.97. The van der Waals surface area contributed by atoms with Gasteiger partial charge in [0, 0.05) is 10.0 Å². The lowest BCUT2D eigenvalue weighted by molar-refractivity contribution is 0.0977. The number of amides is 1. The number of para-hydroxylation sites is 1. The maximum atomic E-state index is 13.5. The van der Waals surface area contributed by atoms with Crippen LogP contribution in [0, 0.1) is 12.7 Å². The predicted octanol–water partition coefficient (Wildman–Crippen LogP) is 4.02. The molecule has 0 saturated heterocycles. The first-order valence-electron chi connectivity index (χ1n) is 6.10. The Morgan fingerprint density at radius 1 is 1.24 bits per heavy atom. The third kappa shape index (κ3) is 4.09. The second-order valence-corrected chi connectivity index (χ2v) is 5.61. The molecule has 0 radical (unpaired) electrons. The summed E-state index contributed by atoms with van der Waals surface area (Å²) in [4.78, 5) is 12.0. The number of carbonyl (C=O) groups is 1. The number of thiocarbonyl (C=S) groups is 1. The fraction of sp³-hybridized carbons (Fsp3) is 0.0667. The highest BCUT2D eigenvalue weighted by Gasteiger charge is 2.10. The molecule has 2 rings (SSSR count). The Balaban J connectivity index is 2.04. The molecule has 0 aliphatic rings. The summed E-state index contributed by atoms with van der Waals surface area (Å²) >= 11 is 8.37. The molecule has 0 aromatic heterocycles. The number of hydrogen-bond donors (Lipinski definition) is 2. The van der Waals surface area contributed by atoms with Crippen LogP contribution in [0.4, 0.5) is 10.1 Å². The second-order valence-electron chi connectivity index (χ2n) is 4.35. The van der Waals surface area contributed by atoms with Crippen molar-refractivity contribution in [3.8, 4) is 0 Å². The van der Waals surface area contributed by atoms with Gasteiger partial charge in [0.2, 0.25) is 0 Å². The lowest BCUT2D eigenvalue weighted by Gasteiger charge is -2.10. The number of benzene rings is 2. The van der Waals surface area contributed by atoms with E-state index in [9.17, 15) is 9.18 Å². The maximum Gasteiger partial charge on any atom is 0.257 e. The molecule has 2 aromatic carbocycles. The van der Waals surface area contributed by atoms with Crippen molar-refractivity contribution >= 4 is 44.9 Å². The Labute approximate surface area is 135 Å². The smallest absolute Gasteiger partial charge is 0.257 e. The summed E-state index contributed by atoms with van der Waals surface area (Å²) in [7, 11) is 0. The van der Waals surface area contributed by atoms with Crippen LogP contribution in [0.15, 0.2) is 46.9 Å². The average molecular weight is 367 g/mol. The standard InChI is InChI=1S/C15H12BrFN2OS/c1-9-6-7-10(8-11(9)16)14(20)19-15(21)18-13-5-3-2-4-12(13)17/h2-8H,1H3,(H2,18,19,20,21). The van der Waals surface area contributed by atoms with Gasteiger partial charge in [-0.05, 0) is 49.0 Å². The van der Waals surface area contributed by atoms with Crippen molar-refractivity contribution in [1.29, 1.82) is 0 Å². The van der Waals surface area contributed by atoms with Gasteiger partial charge in [-0.25, -0.2) is 4.39 Å². The zero-order valence-corrected chi connectivity index (χ0v) is 13.5. The molecule has 0 saturated carbocycles. The molecule has 2 aromatic rings. The van der Waals surface area contributed by atoms with Gasteiger partial charge in [0.05, 0.1) is 5.69 Å². The summed E-state index contributed by atoms with van der Waals surface area (Å²) in [6.45, 7) is 1.93. The van der Waals surface area contributed by atoms with Gasteiger partial charge in [0.1, 0.15) is 5.82 Å². The fourth-order valence-electron chi connectivity index (χ4n) is 1.63. The first-order valence-corrected chi connectivity index (χ1v) is 7.30. The normalized spacial score (nSPS) is 10.0. The van der Waals surface area contributed by atoms with Crippen LogP contribution in [0.1, 0.15) is 15.9 Å². The molecule has 0 aliphatic heterocycles. The maximum absolute atomic E-state index is 13.5. The molecule has 1 amide bonds. The zero-order chi connectivity index (χ0) is 15.4. The average Bonchev–Trinajstić information content (AvgIpc) is 2.44. The van der Waals surface area contributed by atoms with Crippen LogP contribution in [0.3, 0.4) is 0 Å². The quantitative estimate of drug-likeness (QED) is 0.788. The van der Waals surface area contributed by atoms with E-state index in [4.69, 9.17) is 12.2 Å². The van der Waals surface area contributed by atoms with E-state index in [0.29, 0.717) is 5.56 Å². The Bertz CT molecular complexity index is 706. The molecule has 21 heavy (non-hydrogen) atoms. The molecule has 0 bridgehead atoms. The van der Waals surface area contributed by atoms with Gasteiger partial charge in [-0.15, -0.1) is 0 Å². The minimum absolute atomic E-state index is 0.0433. The first kappa shape index (κ1) is 15.6. The molecule has 2 N–H and O–H groups in total. The minimum Gasteiger partial charge on any atom is -0.330 e. The summed E-state index contributed by atoms with van der Waals surface area (Å²) in [6.07, 6.45) is 0. The fourth-order valence-corrected chi connectivity index (χ4v) is 2.21. The van der Waals surface area contributed by atoms with Crippen molar-refractivity contribution < 1.29 is 9.18 Å². The summed E-state index contributed by atoms with van der Waals surface area (Å²) in [5, 5.41) is 5.21. The van der Waals surface area contributed by atoms with Gasteiger partial charge in [-0.3, -0.25) is 10.1 Å². The van der Waals surface area contributed by atoms with Crippen LogP contribution in [0.2, 0.25) is 0 Å². The lowest BCUT2D eigenvalue weighted by atomic mass is 10.1. The number of carbonyl (C=O) groups excluding carboxylic acids is 1. The number of nitrogens with one attached hydrogen (secondary N) is 2. The van der Waals surface area contributed by atoms with Crippen LogP contribution in [-0.2, 0) is 0 Å². The molecule has 0 atom stereocenters. The van der Waals surface area contributed by atoms with Gasteiger partial charge in [-0.2, -0.15) is 0 Å². The van der Waals surface area contributed by atoms with E-state index >= 15 is 0 Å². The molecule has 0 spiro atoms. The van der Waals surface area contributed by atoms with Crippen molar-refractivity contribution in [3.63, 3.8) is 0 Å². The zero-order valence-electron chi connectivity index (χ0n) is 11.1. The van der Waals surface area contributed by atoms with E-state index in [0.717, 1.165) is 10.0 Å². The lowest BCUT2D eigenvalue weighted by Crippen LogP contribution is -2.34. The third-order valence-corrected chi connectivity index (χ3v) is 3.84. The summed E-state index contributed by atoms with van der Waals surface area (Å²) in [5.74, 6) is -0.795. The molecule has 0 unspecified atom stereocenters. The highest BCUT2D eigenvalue weighted by molar-refractivity contribution is 9.10. The van der Waals surface area contributed by atoms with Crippen molar-refractivity contribution in [2.24, 2.45) is 0 Å². The number of aryl methyl sites for hydroxylation is 1. The van der Waals surface area contributed by atoms with Gasteiger partial charge in [-0.1, -0.05) is 34.1 Å². The predicted molar refractivity (Wildman–Crippen MR) is 89.0 cm³/mol. The number of hydrogen-bond acceptors (Lipinski definition) is 2. The Morgan fingerprint density at radius 3 is 2.62 bits per heavy atom. The summed E-state index contributed by atoms with van der Waals surface area (Å²) in [5.41, 5.74) is 1.71. The van der Waals surface area contributed by atoms with E-state index in [1.807, 2.05) is 13.0 Å². The van der Waals surface area contributed by atoms with Gasteiger partial charge >= 0.3 is 0 Å². The minimum atomic E-state index is -0.438. The van der Waals surface area contributed by atoms with E-state index in [-0.39, 0.29) is 16.7 Å². The third-order valence-electron chi connectivity index (χ3n) is 2.78. The molecule has 6 heteroatoms. The Morgan fingerprint density at radius 2 is 1.95 bits per heavy atom. The second kappa shape index (κ2) is 6.78. The van der Waals surface area contributed by atoms with Crippen LogP contribution in [-0.4, -0.2) is 11.0 Å². The van der Waals surface area contributed by atoms with Gasteiger partial charge in [0.15, 0.2) is 5.11 Å². The monoisotopic (exact) mass is 366 g/mol. The van der Waals surface area contributed by atoms with Crippen LogP contribution in [0.5, 0.6) is 0 Å². The van der Waals surface area contributed by atoms with Crippen LogP contribution < -0.4 is 10.6 Å². The summed E-state index contributed by atoms with van der Waals surface area (Å²) < 4.78 is 14.3. The van der Waals surface area contributed by atoms with Crippen LogP contribution in [0.25, 0.3) is 0 Å². The SMILES string of the molecule is Cc1ccc(C(=O)NC(=S)Nc2ccccc2F)cc1Br. The van der Waals surface area contributed by atoms with Crippen molar-refractivity contribution in [3.05, 3.63) is 63.9 Å².